The molecule has 1 saturated carbocycles. The lowest BCUT2D eigenvalue weighted by molar-refractivity contribution is -0.155. The molecule has 0 atom stereocenters. The van der Waals surface area contributed by atoms with Gasteiger partial charge in [-0.15, -0.1) is 0 Å². The fourth-order valence-corrected chi connectivity index (χ4v) is 1.71. The van der Waals surface area contributed by atoms with Crippen molar-refractivity contribution >= 4 is 11.9 Å². The monoisotopic (exact) mass is 199 g/mol. The maximum absolute atomic E-state index is 11.8. The zero-order valence-electron chi connectivity index (χ0n) is 7.86. The molecule has 0 bridgehead atoms. The second kappa shape index (κ2) is 3.24. The predicted octanol–water partition coefficient (Wildman–Crippen LogP) is -0.290. The largest absolute Gasteiger partial charge is 0.480 e. The molecule has 1 N–H and O–H groups in total. The summed E-state index contributed by atoms with van der Waals surface area (Å²) in [5, 5.41) is 8.93. The summed E-state index contributed by atoms with van der Waals surface area (Å²) in [6, 6.07) is 0. The normalized spacial score (nSPS) is 24.4. The Morgan fingerprint density at radius 3 is 2.21 bits per heavy atom. The molecule has 0 aromatic heterocycles. The second-order valence-corrected chi connectivity index (χ2v) is 3.79. The Morgan fingerprint density at radius 2 is 1.79 bits per heavy atom. The second-order valence-electron chi connectivity index (χ2n) is 3.79. The van der Waals surface area contributed by atoms with Gasteiger partial charge in [0.2, 0.25) is 5.91 Å². The van der Waals surface area contributed by atoms with Crippen LogP contribution in [0.2, 0.25) is 0 Å². The number of nitrogens with zero attached hydrogens (tertiary/aromatic N) is 1. The summed E-state index contributed by atoms with van der Waals surface area (Å²) in [6.45, 7) is 2.07. The van der Waals surface area contributed by atoms with Crippen LogP contribution in [-0.4, -0.2) is 48.2 Å². The fourth-order valence-electron chi connectivity index (χ4n) is 1.71. The number of carbonyl (C=O) groups is 2. The van der Waals surface area contributed by atoms with Crippen LogP contribution in [0.3, 0.4) is 0 Å². The lowest BCUT2D eigenvalue weighted by Gasteiger charge is -2.29. The fraction of sp³-hybridized carbons (Fsp3) is 0.778. The van der Waals surface area contributed by atoms with Crippen LogP contribution in [0.1, 0.15) is 12.8 Å². The first kappa shape index (κ1) is 9.45. The van der Waals surface area contributed by atoms with Gasteiger partial charge in [0, 0.05) is 13.1 Å². The molecule has 2 fully saturated rings. The van der Waals surface area contributed by atoms with Crippen LogP contribution in [0, 0.1) is 5.41 Å². The number of hydrogen-bond donors (Lipinski definition) is 1. The third kappa shape index (κ3) is 1.37. The summed E-state index contributed by atoms with van der Waals surface area (Å²) in [5.41, 5.74) is -1.09. The van der Waals surface area contributed by atoms with E-state index in [1.165, 1.54) is 0 Å². The Morgan fingerprint density at radius 1 is 1.21 bits per heavy atom. The average Bonchev–Trinajstić information content (AvgIpc) is 2.99. The number of carboxylic acid groups (broad SMARTS) is 1. The molecule has 1 aliphatic heterocycles. The van der Waals surface area contributed by atoms with E-state index < -0.39 is 11.4 Å². The highest BCUT2D eigenvalue weighted by molar-refractivity contribution is 6.04. The average molecular weight is 199 g/mol. The maximum Gasteiger partial charge on any atom is 0.319 e. The SMILES string of the molecule is O=C(O)C1(C(=O)N2CCOCC2)CC1. The number of carboxylic acids is 1. The molecule has 78 valence electrons. The Bertz CT molecular complexity index is 266. The number of hydrogen-bond acceptors (Lipinski definition) is 3. The molecule has 1 heterocycles. The third-order valence-corrected chi connectivity index (χ3v) is 2.87. The van der Waals surface area contributed by atoms with Gasteiger partial charge in [-0.2, -0.15) is 0 Å². The van der Waals surface area contributed by atoms with Crippen molar-refractivity contribution in [3.05, 3.63) is 0 Å². The molecule has 0 unspecified atom stereocenters. The van der Waals surface area contributed by atoms with Crippen molar-refractivity contribution in [2.75, 3.05) is 26.3 Å². The molecule has 1 saturated heterocycles. The molecule has 5 nitrogen and oxygen atoms in total. The number of aliphatic carboxylic acids is 1. The molecule has 1 aliphatic carbocycles. The van der Waals surface area contributed by atoms with Crippen LogP contribution < -0.4 is 0 Å². The lowest BCUT2D eigenvalue weighted by atomic mass is 10.1. The van der Waals surface area contributed by atoms with E-state index in [1.54, 1.807) is 4.90 Å². The Balaban J connectivity index is 2.04. The number of amides is 1. The van der Waals surface area contributed by atoms with E-state index in [2.05, 4.69) is 0 Å². The lowest BCUT2D eigenvalue weighted by Crippen LogP contribution is -2.46. The summed E-state index contributed by atoms with van der Waals surface area (Å²) in [4.78, 5) is 24.3. The van der Waals surface area contributed by atoms with Gasteiger partial charge >= 0.3 is 5.97 Å². The minimum absolute atomic E-state index is 0.228. The molecule has 0 radical (unpaired) electrons. The quantitative estimate of drug-likeness (QED) is 0.620. The first-order chi connectivity index (χ1) is 6.67. The highest BCUT2D eigenvalue weighted by Gasteiger charge is 2.58. The summed E-state index contributed by atoms with van der Waals surface area (Å²) in [7, 11) is 0. The van der Waals surface area contributed by atoms with E-state index in [1.807, 2.05) is 0 Å². The molecule has 2 rings (SSSR count). The van der Waals surface area contributed by atoms with E-state index >= 15 is 0 Å². The molecule has 2 aliphatic rings. The van der Waals surface area contributed by atoms with Crippen LogP contribution >= 0.6 is 0 Å². The smallest absolute Gasteiger partial charge is 0.319 e. The van der Waals surface area contributed by atoms with E-state index in [-0.39, 0.29) is 5.91 Å². The Kier molecular flexibility index (Phi) is 2.19. The summed E-state index contributed by atoms with van der Waals surface area (Å²) < 4.78 is 5.10. The summed E-state index contributed by atoms with van der Waals surface area (Å²) in [5.74, 6) is -1.21. The van der Waals surface area contributed by atoms with Gasteiger partial charge in [0.1, 0.15) is 5.41 Å². The van der Waals surface area contributed by atoms with Crippen molar-refractivity contribution in [2.24, 2.45) is 5.41 Å². The Hall–Kier alpha value is -1.10. The Labute approximate surface area is 81.6 Å². The van der Waals surface area contributed by atoms with Gasteiger partial charge in [-0.3, -0.25) is 9.59 Å². The van der Waals surface area contributed by atoms with Gasteiger partial charge in [-0.25, -0.2) is 0 Å². The van der Waals surface area contributed by atoms with Crippen molar-refractivity contribution in [3.63, 3.8) is 0 Å². The van der Waals surface area contributed by atoms with Gasteiger partial charge in [-0.1, -0.05) is 0 Å². The number of morpholine rings is 1. The summed E-state index contributed by atoms with van der Waals surface area (Å²) in [6.07, 6.45) is 0.969. The molecule has 1 amide bonds. The van der Waals surface area contributed by atoms with Gasteiger partial charge in [0.25, 0.3) is 0 Å². The van der Waals surface area contributed by atoms with Crippen molar-refractivity contribution in [1.82, 2.24) is 4.90 Å². The molecule has 14 heavy (non-hydrogen) atoms. The minimum Gasteiger partial charge on any atom is -0.480 e. The zero-order chi connectivity index (χ0) is 10.2. The molecule has 5 heteroatoms. The van der Waals surface area contributed by atoms with E-state index in [9.17, 15) is 9.59 Å². The van der Waals surface area contributed by atoms with Crippen LogP contribution in [0.25, 0.3) is 0 Å². The topological polar surface area (TPSA) is 66.8 Å². The van der Waals surface area contributed by atoms with Crippen molar-refractivity contribution in [2.45, 2.75) is 12.8 Å². The van der Waals surface area contributed by atoms with Gasteiger partial charge in [0.15, 0.2) is 0 Å². The standard InChI is InChI=1S/C9H13NO4/c11-7(9(1-2-9)8(12)13)10-3-5-14-6-4-10/h1-6H2,(H,12,13). The van der Waals surface area contributed by atoms with E-state index in [0.29, 0.717) is 39.1 Å². The first-order valence-electron chi connectivity index (χ1n) is 4.77. The zero-order valence-corrected chi connectivity index (χ0v) is 7.86. The van der Waals surface area contributed by atoms with E-state index in [4.69, 9.17) is 9.84 Å². The number of rotatable bonds is 2. The molecular formula is C9H13NO4. The predicted molar refractivity (Wildman–Crippen MR) is 46.7 cm³/mol. The van der Waals surface area contributed by atoms with Crippen LogP contribution in [0.5, 0.6) is 0 Å². The van der Waals surface area contributed by atoms with Crippen molar-refractivity contribution in [1.29, 1.82) is 0 Å². The van der Waals surface area contributed by atoms with Gasteiger partial charge < -0.3 is 14.7 Å². The molecular weight excluding hydrogens is 186 g/mol. The highest BCUT2D eigenvalue weighted by atomic mass is 16.5. The van der Waals surface area contributed by atoms with Crippen LogP contribution in [0.15, 0.2) is 0 Å². The number of carbonyl (C=O) groups excluding carboxylic acids is 1. The van der Waals surface area contributed by atoms with Crippen molar-refractivity contribution < 1.29 is 19.4 Å². The molecule has 0 aromatic rings. The third-order valence-electron chi connectivity index (χ3n) is 2.87. The molecule has 0 spiro atoms. The maximum atomic E-state index is 11.8. The molecule has 0 aromatic carbocycles. The van der Waals surface area contributed by atoms with Crippen LogP contribution in [-0.2, 0) is 14.3 Å². The van der Waals surface area contributed by atoms with Gasteiger partial charge in [0.05, 0.1) is 13.2 Å². The van der Waals surface area contributed by atoms with Crippen LogP contribution in [0.4, 0.5) is 0 Å². The first-order valence-corrected chi connectivity index (χ1v) is 4.77. The van der Waals surface area contributed by atoms with Crippen molar-refractivity contribution in [3.8, 4) is 0 Å². The highest BCUT2D eigenvalue weighted by Crippen LogP contribution is 2.47. The van der Waals surface area contributed by atoms with E-state index in [0.717, 1.165) is 0 Å². The number of ether oxygens (including phenoxy) is 1. The van der Waals surface area contributed by atoms with Gasteiger partial charge in [-0.05, 0) is 12.8 Å². The summed E-state index contributed by atoms with van der Waals surface area (Å²) >= 11 is 0. The minimum atomic E-state index is -1.09.